The van der Waals surface area contributed by atoms with E-state index in [-0.39, 0.29) is 30.4 Å². The molecule has 0 spiro atoms. The second-order valence-corrected chi connectivity index (χ2v) is 6.47. The van der Waals surface area contributed by atoms with Crippen LogP contribution in [0.1, 0.15) is 33.6 Å². The summed E-state index contributed by atoms with van der Waals surface area (Å²) in [6, 6.07) is 14.4. The maximum atomic E-state index is 12.9. The number of piperazine rings is 1. The lowest BCUT2D eigenvalue weighted by molar-refractivity contribution is -0.132. The number of benzene rings is 2. The number of carbonyl (C=O) groups excluding carboxylic acids is 3. The SMILES string of the molecule is O=C(CCC(=O)N1CCN(C(=O)c2ccccc2)CC1)c1ccc(F)cc1. The first kappa shape index (κ1) is 18.8. The van der Waals surface area contributed by atoms with Crippen molar-refractivity contribution in [3.05, 3.63) is 71.5 Å². The molecule has 1 heterocycles. The normalized spacial score (nSPS) is 14.1. The maximum Gasteiger partial charge on any atom is 0.253 e. The summed E-state index contributed by atoms with van der Waals surface area (Å²) in [4.78, 5) is 40.3. The molecule has 0 aliphatic carbocycles. The summed E-state index contributed by atoms with van der Waals surface area (Å²) in [7, 11) is 0. The van der Waals surface area contributed by atoms with Gasteiger partial charge in [-0.1, -0.05) is 18.2 Å². The van der Waals surface area contributed by atoms with Crippen LogP contribution in [0.5, 0.6) is 0 Å². The molecule has 0 saturated carbocycles. The number of hydrogen-bond acceptors (Lipinski definition) is 3. The molecule has 2 amide bonds. The van der Waals surface area contributed by atoms with Gasteiger partial charge < -0.3 is 9.80 Å². The minimum atomic E-state index is -0.398. The van der Waals surface area contributed by atoms with Crippen LogP contribution in [0.25, 0.3) is 0 Å². The van der Waals surface area contributed by atoms with Crippen molar-refractivity contribution in [1.29, 1.82) is 0 Å². The third-order valence-electron chi connectivity index (χ3n) is 4.67. The van der Waals surface area contributed by atoms with E-state index in [1.807, 2.05) is 18.2 Å². The van der Waals surface area contributed by atoms with Gasteiger partial charge >= 0.3 is 0 Å². The van der Waals surface area contributed by atoms with Crippen LogP contribution in [-0.2, 0) is 4.79 Å². The number of hydrogen-bond donors (Lipinski definition) is 0. The molecule has 27 heavy (non-hydrogen) atoms. The van der Waals surface area contributed by atoms with Crippen LogP contribution in [0, 0.1) is 5.82 Å². The Morgan fingerprint density at radius 2 is 1.33 bits per heavy atom. The number of amides is 2. The molecule has 1 aliphatic rings. The molecule has 2 aromatic carbocycles. The summed E-state index contributed by atoms with van der Waals surface area (Å²) in [6.07, 6.45) is 0.205. The monoisotopic (exact) mass is 368 g/mol. The first-order chi connectivity index (χ1) is 13.0. The second kappa shape index (κ2) is 8.58. The molecule has 0 N–H and O–H groups in total. The standard InChI is InChI=1S/C21H21FN2O3/c22-18-8-6-16(7-9-18)19(25)10-11-20(26)23-12-14-24(15-13-23)21(27)17-4-2-1-3-5-17/h1-9H,10-15H2. The Kier molecular flexibility index (Phi) is 5.96. The minimum Gasteiger partial charge on any atom is -0.339 e. The van der Waals surface area contributed by atoms with Crippen molar-refractivity contribution in [3.63, 3.8) is 0 Å². The lowest BCUT2D eigenvalue weighted by Crippen LogP contribution is -2.50. The van der Waals surface area contributed by atoms with E-state index in [4.69, 9.17) is 0 Å². The second-order valence-electron chi connectivity index (χ2n) is 6.47. The fourth-order valence-electron chi connectivity index (χ4n) is 3.08. The molecule has 0 bridgehead atoms. The van der Waals surface area contributed by atoms with E-state index >= 15 is 0 Å². The molecule has 0 radical (unpaired) electrons. The maximum absolute atomic E-state index is 12.9. The van der Waals surface area contributed by atoms with Crippen molar-refractivity contribution in [2.24, 2.45) is 0 Å². The molecule has 1 fully saturated rings. The van der Waals surface area contributed by atoms with Crippen molar-refractivity contribution in [2.75, 3.05) is 26.2 Å². The fourth-order valence-corrected chi connectivity index (χ4v) is 3.08. The van der Waals surface area contributed by atoms with E-state index in [2.05, 4.69) is 0 Å². The minimum absolute atomic E-state index is 0.0332. The molecule has 6 heteroatoms. The zero-order chi connectivity index (χ0) is 19.2. The van der Waals surface area contributed by atoms with E-state index < -0.39 is 5.82 Å². The first-order valence-corrected chi connectivity index (χ1v) is 8.95. The number of nitrogens with zero attached hydrogens (tertiary/aromatic N) is 2. The van der Waals surface area contributed by atoms with Gasteiger partial charge in [0.2, 0.25) is 5.91 Å². The Hall–Kier alpha value is -3.02. The highest BCUT2D eigenvalue weighted by atomic mass is 19.1. The summed E-state index contributed by atoms with van der Waals surface area (Å²) in [6.45, 7) is 1.88. The first-order valence-electron chi connectivity index (χ1n) is 8.95. The number of rotatable bonds is 5. The largest absolute Gasteiger partial charge is 0.339 e. The number of Topliss-reactive ketones (excluding diaryl/α,β-unsaturated/α-hetero) is 1. The molecule has 0 atom stereocenters. The van der Waals surface area contributed by atoms with E-state index in [9.17, 15) is 18.8 Å². The molecule has 3 rings (SSSR count). The van der Waals surface area contributed by atoms with Gasteiger partial charge in [0.1, 0.15) is 5.82 Å². The molecular weight excluding hydrogens is 347 g/mol. The Labute approximate surface area is 157 Å². The van der Waals surface area contributed by atoms with Gasteiger partial charge in [-0.2, -0.15) is 0 Å². The van der Waals surface area contributed by atoms with Crippen molar-refractivity contribution in [3.8, 4) is 0 Å². The number of carbonyl (C=O) groups is 3. The van der Waals surface area contributed by atoms with Gasteiger partial charge in [0.05, 0.1) is 0 Å². The molecule has 2 aromatic rings. The van der Waals surface area contributed by atoms with Crippen LogP contribution in [0.2, 0.25) is 0 Å². The highest BCUT2D eigenvalue weighted by molar-refractivity contribution is 5.98. The van der Waals surface area contributed by atoms with Crippen molar-refractivity contribution < 1.29 is 18.8 Å². The van der Waals surface area contributed by atoms with Crippen molar-refractivity contribution >= 4 is 17.6 Å². The summed E-state index contributed by atoms with van der Waals surface area (Å²) < 4.78 is 12.9. The summed E-state index contributed by atoms with van der Waals surface area (Å²) in [5, 5.41) is 0. The molecule has 140 valence electrons. The Balaban J connectivity index is 1.46. The van der Waals surface area contributed by atoms with Gasteiger partial charge in [-0.15, -0.1) is 0 Å². The molecular formula is C21H21FN2O3. The third-order valence-corrected chi connectivity index (χ3v) is 4.67. The predicted molar refractivity (Wildman–Crippen MR) is 98.9 cm³/mol. The quantitative estimate of drug-likeness (QED) is 0.763. The fraction of sp³-hybridized carbons (Fsp3) is 0.286. The van der Waals surface area contributed by atoms with Crippen LogP contribution in [0.4, 0.5) is 4.39 Å². The van der Waals surface area contributed by atoms with E-state index in [0.29, 0.717) is 37.3 Å². The number of halogens is 1. The van der Waals surface area contributed by atoms with Gasteiger partial charge in [0, 0.05) is 50.1 Å². The van der Waals surface area contributed by atoms with Gasteiger partial charge in [-0.25, -0.2) is 4.39 Å². The lowest BCUT2D eigenvalue weighted by Gasteiger charge is -2.34. The Morgan fingerprint density at radius 1 is 0.741 bits per heavy atom. The average molecular weight is 368 g/mol. The summed E-state index contributed by atoms with van der Waals surface area (Å²) >= 11 is 0. The van der Waals surface area contributed by atoms with Crippen molar-refractivity contribution in [1.82, 2.24) is 9.80 Å². The average Bonchev–Trinajstić information content (AvgIpc) is 2.72. The molecule has 5 nitrogen and oxygen atoms in total. The summed E-state index contributed by atoms with van der Waals surface area (Å²) in [5.74, 6) is -0.710. The zero-order valence-corrected chi connectivity index (χ0v) is 14.9. The van der Waals surface area contributed by atoms with E-state index in [1.54, 1.807) is 21.9 Å². The highest BCUT2D eigenvalue weighted by Gasteiger charge is 2.25. The molecule has 1 saturated heterocycles. The molecule has 0 aromatic heterocycles. The van der Waals surface area contributed by atoms with Crippen LogP contribution < -0.4 is 0 Å². The van der Waals surface area contributed by atoms with Crippen LogP contribution in [0.15, 0.2) is 54.6 Å². The Morgan fingerprint density at radius 3 is 1.96 bits per heavy atom. The van der Waals surface area contributed by atoms with E-state index in [0.717, 1.165) is 0 Å². The van der Waals surface area contributed by atoms with Crippen LogP contribution >= 0.6 is 0 Å². The lowest BCUT2D eigenvalue weighted by atomic mass is 10.1. The molecule has 0 unspecified atom stereocenters. The third kappa shape index (κ3) is 4.78. The van der Waals surface area contributed by atoms with Gasteiger partial charge in [0.25, 0.3) is 5.91 Å². The van der Waals surface area contributed by atoms with Gasteiger partial charge in [-0.05, 0) is 36.4 Å². The van der Waals surface area contributed by atoms with Gasteiger partial charge in [0.15, 0.2) is 5.78 Å². The van der Waals surface area contributed by atoms with Gasteiger partial charge in [-0.3, -0.25) is 14.4 Å². The topological polar surface area (TPSA) is 57.7 Å². The van der Waals surface area contributed by atoms with Crippen LogP contribution in [-0.4, -0.2) is 53.6 Å². The van der Waals surface area contributed by atoms with Crippen LogP contribution in [0.3, 0.4) is 0 Å². The number of ketones is 1. The summed E-state index contributed by atoms with van der Waals surface area (Å²) in [5.41, 5.74) is 1.05. The smallest absolute Gasteiger partial charge is 0.253 e. The predicted octanol–water partition coefficient (Wildman–Crippen LogP) is 2.77. The zero-order valence-electron chi connectivity index (χ0n) is 14.9. The van der Waals surface area contributed by atoms with Crippen molar-refractivity contribution in [2.45, 2.75) is 12.8 Å². The Bertz CT molecular complexity index is 813. The molecule has 1 aliphatic heterocycles. The van der Waals surface area contributed by atoms with E-state index in [1.165, 1.54) is 24.3 Å². The highest BCUT2D eigenvalue weighted by Crippen LogP contribution is 2.12.